The Kier molecular flexibility index (Phi) is 2.91. The summed E-state index contributed by atoms with van der Waals surface area (Å²) in [5, 5.41) is 0. The van der Waals surface area contributed by atoms with Crippen molar-refractivity contribution in [1.82, 2.24) is 0 Å². The molecule has 0 radical (unpaired) electrons. The van der Waals surface area contributed by atoms with E-state index in [0.29, 0.717) is 0 Å². The zero-order chi connectivity index (χ0) is 12.4. The van der Waals surface area contributed by atoms with E-state index in [2.05, 4.69) is 0 Å². The third kappa shape index (κ3) is 2.69. The summed E-state index contributed by atoms with van der Waals surface area (Å²) >= 11 is 0. The number of halogens is 3. The van der Waals surface area contributed by atoms with Crippen LogP contribution in [-0.4, -0.2) is 0 Å². The van der Waals surface area contributed by atoms with E-state index < -0.39 is 17.5 Å². The molecule has 88 valence electrons. The van der Waals surface area contributed by atoms with Crippen LogP contribution in [0.15, 0.2) is 36.4 Å². The van der Waals surface area contributed by atoms with Crippen LogP contribution in [0.3, 0.4) is 0 Å². The van der Waals surface area contributed by atoms with E-state index in [1.807, 2.05) is 0 Å². The number of nitrogen functional groups attached to an aromatic ring is 1. The maximum Gasteiger partial charge on any atom is 0.150 e. The number of anilines is 1. The number of hydrogen-bond acceptors (Lipinski definition) is 2. The standard InChI is InChI=1S/C12H8F3NO/c13-7-1-2-12(11(16)6-7)17-10-4-8(14)3-9(15)5-10/h1-6H,16H2. The van der Waals surface area contributed by atoms with Crippen molar-refractivity contribution in [3.63, 3.8) is 0 Å². The number of ether oxygens (including phenoxy) is 1. The van der Waals surface area contributed by atoms with Gasteiger partial charge in [-0.3, -0.25) is 0 Å². The van der Waals surface area contributed by atoms with Crippen LogP contribution in [0.4, 0.5) is 18.9 Å². The number of hydrogen-bond donors (Lipinski definition) is 1. The van der Waals surface area contributed by atoms with Crippen LogP contribution in [0.2, 0.25) is 0 Å². The highest BCUT2D eigenvalue weighted by Gasteiger charge is 2.06. The van der Waals surface area contributed by atoms with Crippen molar-refractivity contribution >= 4 is 5.69 Å². The van der Waals surface area contributed by atoms with Gasteiger partial charge in [0.2, 0.25) is 0 Å². The Morgan fingerprint density at radius 3 is 2.06 bits per heavy atom. The van der Waals surface area contributed by atoms with Crippen LogP contribution in [0.25, 0.3) is 0 Å². The van der Waals surface area contributed by atoms with Crippen molar-refractivity contribution < 1.29 is 17.9 Å². The predicted molar refractivity (Wildman–Crippen MR) is 57.2 cm³/mol. The van der Waals surface area contributed by atoms with Crippen molar-refractivity contribution in [1.29, 1.82) is 0 Å². The summed E-state index contributed by atoms with van der Waals surface area (Å²) < 4.78 is 43.7. The average molecular weight is 239 g/mol. The molecule has 0 bridgehead atoms. The minimum atomic E-state index is -0.763. The lowest BCUT2D eigenvalue weighted by Gasteiger charge is -2.08. The predicted octanol–water partition coefficient (Wildman–Crippen LogP) is 3.48. The van der Waals surface area contributed by atoms with Gasteiger partial charge < -0.3 is 10.5 Å². The summed E-state index contributed by atoms with van der Waals surface area (Å²) in [6.45, 7) is 0. The molecule has 0 aliphatic heterocycles. The van der Waals surface area contributed by atoms with Crippen molar-refractivity contribution in [3.05, 3.63) is 53.8 Å². The Labute approximate surface area is 95.4 Å². The van der Waals surface area contributed by atoms with E-state index in [-0.39, 0.29) is 17.2 Å². The molecule has 0 heterocycles. The number of benzene rings is 2. The SMILES string of the molecule is Nc1cc(F)ccc1Oc1cc(F)cc(F)c1. The van der Waals surface area contributed by atoms with Gasteiger partial charge in [-0.15, -0.1) is 0 Å². The highest BCUT2D eigenvalue weighted by molar-refractivity contribution is 5.53. The van der Waals surface area contributed by atoms with Gasteiger partial charge in [-0.25, -0.2) is 13.2 Å². The molecular formula is C12H8F3NO. The molecule has 0 unspecified atom stereocenters. The van der Waals surface area contributed by atoms with Crippen molar-refractivity contribution in [3.8, 4) is 11.5 Å². The zero-order valence-electron chi connectivity index (χ0n) is 8.58. The van der Waals surface area contributed by atoms with E-state index in [4.69, 9.17) is 10.5 Å². The summed E-state index contributed by atoms with van der Waals surface area (Å²) in [5.41, 5.74) is 5.54. The van der Waals surface area contributed by atoms with Crippen LogP contribution >= 0.6 is 0 Å². The van der Waals surface area contributed by atoms with Crippen LogP contribution < -0.4 is 10.5 Å². The Balaban J connectivity index is 2.31. The monoisotopic (exact) mass is 239 g/mol. The number of rotatable bonds is 2. The first kappa shape index (κ1) is 11.3. The van der Waals surface area contributed by atoms with Crippen LogP contribution in [-0.2, 0) is 0 Å². The Morgan fingerprint density at radius 1 is 0.824 bits per heavy atom. The lowest BCUT2D eigenvalue weighted by Crippen LogP contribution is -1.94. The highest BCUT2D eigenvalue weighted by atomic mass is 19.1. The second-order valence-corrected chi connectivity index (χ2v) is 3.39. The number of nitrogens with two attached hydrogens (primary N) is 1. The summed E-state index contributed by atoms with van der Waals surface area (Å²) in [6.07, 6.45) is 0. The Hall–Kier alpha value is -2.17. The summed E-state index contributed by atoms with van der Waals surface area (Å²) in [7, 11) is 0. The molecule has 0 aliphatic rings. The van der Waals surface area contributed by atoms with Crippen molar-refractivity contribution in [2.24, 2.45) is 0 Å². The lowest BCUT2D eigenvalue weighted by molar-refractivity contribution is 0.469. The van der Waals surface area contributed by atoms with Gasteiger partial charge in [0, 0.05) is 24.3 Å². The van der Waals surface area contributed by atoms with Crippen LogP contribution in [0.1, 0.15) is 0 Å². The van der Waals surface area contributed by atoms with E-state index in [0.717, 1.165) is 30.3 Å². The molecule has 2 rings (SSSR count). The Bertz CT molecular complexity index is 537. The van der Waals surface area contributed by atoms with Gasteiger partial charge in [0.05, 0.1) is 5.69 Å². The molecule has 0 spiro atoms. The molecule has 0 aliphatic carbocycles. The molecule has 0 saturated carbocycles. The lowest BCUT2D eigenvalue weighted by atomic mass is 10.3. The second-order valence-electron chi connectivity index (χ2n) is 3.39. The molecule has 5 heteroatoms. The largest absolute Gasteiger partial charge is 0.455 e. The zero-order valence-corrected chi connectivity index (χ0v) is 8.58. The fourth-order valence-corrected chi connectivity index (χ4v) is 1.33. The second kappa shape index (κ2) is 4.37. The van der Waals surface area contributed by atoms with Gasteiger partial charge in [0.1, 0.15) is 23.2 Å². The topological polar surface area (TPSA) is 35.2 Å². The van der Waals surface area contributed by atoms with Gasteiger partial charge in [-0.1, -0.05) is 0 Å². The van der Waals surface area contributed by atoms with Crippen LogP contribution in [0, 0.1) is 17.5 Å². The van der Waals surface area contributed by atoms with E-state index in [1.165, 1.54) is 6.07 Å². The normalized spacial score (nSPS) is 10.3. The molecule has 2 N–H and O–H groups in total. The molecule has 2 aromatic rings. The van der Waals surface area contributed by atoms with Gasteiger partial charge >= 0.3 is 0 Å². The Morgan fingerprint density at radius 2 is 1.47 bits per heavy atom. The summed E-state index contributed by atoms with van der Waals surface area (Å²) in [6, 6.07) is 6.22. The van der Waals surface area contributed by atoms with E-state index >= 15 is 0 Å². The maximum atomic E-state index is 12.9. The quantitative estimate of drug-likeness (QED) is 0.814. The minimum absolute atomic E-state index is 0.0409. The fraction of sp³-hybridized carbons (Fsp3) is 0. The third-order valence-corrected chi connectivity index (χ3v) is 2.04. The molecule has 2 aromatic carbocycles. The van der Waals surface area contributed by atoms with E-state index in [9.17, 15) is 13.2 Å². The van der Waals surface area contributed by atoms with Crippen molar-refractivity contribution in [2.45, 2.75) is 0 Å². The first-order valence-electron chi connectivity index (χ1n) is 4.73. The van der Waals surface area contributed by atoms with Crippen LogP contribution in [0.5, 0.6) is 11.5 Å². The molecule has 0 saturated heterocycles. The minimum Gasteiger partial charge on any atom is -0.455 e. The van der Waals surface area contributed by atoms with Crippen molar-refractivity contribution in [2.75, 3.05) is 5.73 Å². The van der Waals surface area contributed by atoms with Gasteiger partial charge in [0.15, 0.2) is 5.75 Å². The average Bonchev–Trinajstić information content (AvgIpc) is 2.21. The summed E-state index contributed by atoms with van der Waals surface area (Å²) in [5.74, 6) is -1.95. The smallest absolute Gasteiger partial charge is 0.150 e. The molecule has 0 atom stereocenters. The molecule has 17 heavy (non-hydrogen) atoms. The highest BCUT2D eigenvalue weighted by Crippen LogP contribution is 2.28. The fourth-order valence-electron chi connectivity index (χ4n) is 1.33. The molecule has 0 amide bonds. The first-order valence-corrected chi connectivity index (χ1v) is 4.73. The van der Waals surface area contributed by atoms with Gasteiger partial charge in [-0.2, -0.15) is 0 Å². The van der Waals surface area contributed by atoms with Gasteiger partial charge in [-0.05, 0) is 12.1 Å². The third-order valence-electron chi connectivity index (χ3n) is 2.04. The summed E-state index contributed by atoms with van der Waals surface area (Å²) in [4.78, 5) is 0. The maximum absolute atomic E-state index is 12.9. The molecular weight excluding hydrogens is 231 g/mol. The van der Waals surface area contributed by atoms with Gasteiger partial charge in [0.25, 0.3) is 0 Å². The molecule has 0 fully saturated rings. The van der Waals surface area contributed by atoms with E-state index in [1.54, 1.807) is 0 Å². The first-order chi connectivity index (χ1) is 8.04. The molecule has 2 nitrogen and oxygen atoms in total. The molecule has 0 aromatic heterocycles.